The molecule has 114 valence electrons. The summed E-state index contributed by atoms with van der Waals surface area (Å²) in [6.07, 6.45) is 3.93. The van der Waals surface area contributed by atoms with Crippen molar-refractivity contribution in [2.45, 2.75) is 18.9 Å². The Morgan fingerprint density at radius 3 is 2.95 bits per heavy atom. The topological polar surface area (TPSA) is 58.4 Å². The van der Waals surface area contributed by atoms with Crippen LogP contribution in [0.15, 0.2) is 40.9 Å². The van der Waals surface area contributed by atoms with Crippen molar-refractivity contribution in [1.29, 1.82) is 0 Å². The minimum Gasteiger partial charge on any atom is -0.432 e. The minimum absolute atomic E-state index is 0.145. The van der Waals surface area contributed by atoms with Crippen molar-refractivity contribution in [3.63, 3.8) is 0 Å². The van der Waals surface area contributed by atoms with Crippen LogP contribution in [0.3, 0.4) is 0 Å². The normalized spacial score (nSPS) is 26.8. The summed E-state index contributed by atoms with van der Waals surface area (Å²) < 4.78 is 5.61. The van der Waals surface area contributed by atoms with E-state index in [9.17, 15) is 4.79 Å². The molecule has 2 saturated heterocycles. The Hall–Kier alpha value is -2.14. The third-order valence-corrected chi connectivity index (χ3v) is 4.56. The summed E-state index contributed by atoms with van der Waals surface area (Å²) in [4.78, 5) is 18.8. The number of carbonyl (C=O) groups is 1. The van der Waals surface area contributed by atoms with E-state index >= 15 is 0 Å². The molecular formula is C17H19N3O2. The summed E-state index contributed by atoms with van der Waals surface area (Å²) in [5.41, 5.74) is 0.927. The molecule has 5 nitrogen and oxygen atoms in total. The smallest absolute Gasteiger partial charge is 0.307 e. The van der Waals surface area contributed by atoms with Gasteiger partial charge in [-0.3, -0.25) is 4.79 Å². The highest BCUT2D eigenvalue weighted by atomic mass is 16.4. The van der Waals surface area contributed by atoms with E-state index in [0.717, 1.165) is 31.0 Å². The number of carbonyl (C=O) groups excluding carboxylic acids is 1. The molecule has 1 unspecified atom stereocenters. The molecule has 1 N–H and O–H groups in total. The molecular weight excluding hydrogens is 278 g/mol. The number of oxazole rings is 1. The SMILES string of the molecule is O=C(N[C@@H]1C[C@@H]2CCN(C2)C1)c1ncc(-c2ccccc2)o1. The van der Waals surface area contributed by atoms with Crippen LogP contribution in [0.5, 0.6) is 0 Å². The van der Waals surface area contributed by atoms with E-state index in [1.807, 2.05) is 30.3 Å². The molecule has 1 aromatic heterocycles. The van der Waals surface area contributed by atoms with Crippen molar-refractivity contribution in [1.82, 2.24) is 15.2 Å². The highest BCUT2D eigenvalue weighted by Crippen LogP contribution is 2.27. The van der Waals surface area contributed by atoms with Crippen LogP contribution in [0.4, 0.5) is 0 Å². The van der Waals surface area contributed by atoms with Crippen molar-refractivity contribution in [2.75, 3.05) is 19.6 Å². The van der Waals surface area contributed by atoms with Gasteiger partial charge in [-0.15, -0.1) is 0 Å². The second-order valence-corrected chi connectivity index (χ2v) is 6.22. The molecule has 1 aromatic carbocycles. The fraction of sp³-hybridized carbons (Fsp3) is 0.412. The van der Waals surface area contributed by atoms with Crippen molar-refractivity contribution < 1.29 is 9.21 Å². The van der Waals surface area contributed by atoms with E-state index in [1.54, 1.807) is 6.20 Å². The van der Waals surface area contributed by atoms with Crippen molar-refractivity contribution in [2.24, 2.45) is 5.92 Å². The van der Waals surface area contributed by atoms with Gasteiger partial charge in [0, 0.05) is 24.7 Å². The minimum atomic E-state index is -0.213. The Morgan fingerprint density at radius 2 is 2.14 bits per heavy atom. The average Bonchev–Trinajstić information content (AvgIpc) is 3.15. The average molecular weight is 297 g/mol. The van der Waals surface area contributed by atoms with E-state index in [0.29, 0.717) is 5.76 Å². The lowest BCUT2D eigenvalue weighted by Crippen LogP contribution is -2.47. The Balaban J connectivity index is 1.44. The zero-order chi connectivity index (χ0) is 14.9. The second kappa shape index (κ2) is 5.57. The summed E-state index contributed by atoms with van der Waals surface area (Å²) >= 11 is 0. The Kier molecular flexibility index (Phi) is 3.42. The molecule has 2 aliphatic rings. The Morgan fingerprint density at radius 1 is 1.27 bits per heavy atom. The molecule has 22 heavy (non-hydrogen) atoms. The third kappa shape index (κ3) is 2.64. The number of piperidine rings is 1. The van der Waals surface area contributed by atoms with Crippen LogP contribution in [-0.2, 0) is 0 Å². The zero-order valence-corrected chi connectivity index (χ0v) is 12.4. The molecule has 3 atom stereocenters. The fourth-order valence-electron chi connectivity index (χ4n) is 3.53. The predicted molar refractivity (Wildman–Crippen MR) is 82.4 cm³/mol. The Bertz CT molecular complexity index is 656. The molecule has 0 saturated carbocycles. The number of nitrogens with one attached hydrogen (secondary N) is 1. The van der Waals surface area contributed by atoms with Gasteiger partial charge in [-0.25, -0.2) is 4.98 Å². The van der Waals surface area contributed by atoms with E-state index in [1.165, 1.54) is 13.0 Å². The van der Waals surface area contributed by atoms with Gasteiger partial charge in [0.05, 0.1) is 6.20 Å². The van der Waals surface area contributed by atoms with Gasteiger partial charge in [-0.1, -0.05) is 30.3 Å². The van der Waals surface area contributed by atoms with Gasteiger partial charge in [-0.05, 0) is 25.3 Å². The number of hydrogen-bond donors (Lipinski definition) is 1. The molecule has 1 amide bonds. The highest BCUT2D eigenvalue weighted by Gasteiger charge is 2.33. The van der Waals surface area contributed by atoms with Crippen LogP contribution >= 0.6 is 0 Å². The maximum Gasteiger partial charge on any atom is 0.307 e. The lowest BCUT2D eigenvalue weighted by molar-refractivity contribution is 0.0875. The van der Waals surface area contributed by atoms with Crippen LogP contribution in [0.2, 0.25) is 0 Å². The second-order valence-electron chi connectivity index (χ2n) is 6.22. The zero-order valence-electron chi connectivity index (χ0n) is 12.4. The monoisotopic (exact) mass is 297 g/mol. The van der Waals surface area contributed by atoms with Gasteiger partial charge in [0.15, 0.2) is 5.76 Å². The first kappa shape index (κ1) is 13.5. The first-order valence-electron chi connectivity index (χ1n) is 7.82. The number of amides is 1. The highest BCUT2D eigenvalue weighted by molar-refractivity contribution is 5.90. The number of aromatic nitrogens is 1. The molecule has 3 heterocycles. The molecule has 2 aromatic rings. The van der Waals surface area contributed by atoms with Gasteiger partial charge in [0.2, 0.25) is 0 Å². The first-order chi connectivity index (χ1) is 10.8. The van der Waals surface area contributed by atoms with Crippen molar-refractivity contribution >= 4 is 5.91 Å². The van der Waals surface area contributed by atoms with Gasteiger partial charge in [0.25, 0.3) is 5.89 Å². The van der Waals surface area contributed by atoms with E-state index in [2.05, 4.69) is 15.2 Å². The van der Waals surface area contributed by atoms with Crippen LogP contribution in [0, 0.1) is 5.92 Å². The molecule has 5 heteroatoms. The molecule has 2 aliphatic heterocycles. The van der Waals surface area contributed by atoms with Crippen LogP contribution < -0.4 is 5.32 Å². The number of hydrogen-bond acceptors (Lipinski definition) is 4. The van der Waals surface area contributed by atoms with Gasteiger partial charge in [0.1, 0.15) is 0 Å². The quantitative estimate of drug-likeness (QED) is 0.943. The maximum absolute atomic E-state index is 12.3. The van der Waals surface area contributed by atoms with Gasteiger partial charge < -0.3 is 14.6 Å². The summed E-state index contributed by atoms with van der Waals surface area (Å²) in [7, 11) is 0. The first-order valence-corrected chi connectivity index (χ1v) is 7.82. The molecule has 0 radical (unpaired) electrons. The lowest BCUT2D eigenvalue weighted by atomic mass is 9.97. The van der Waals surface area contributed by atoms with Crippen molar-refractivity contribution in [3.05, 3.63) is 42.4 Å². The van der Waals surface area contributed by atoms with Crippen LogP contribution in [0.25, 0.3) is 11.3 Å². The predicted octanol–water partition coefficient (Wildman–Crippen LogP) is 2.17. The fourth-order valence-corrected chi connectivity index (χ4v) is 3.53. The van der Waals surface area contributed by atoms with E-state index in [4.69, 9.17) is 4.42 Å². The molecule has 0 aliphatic carbocycles. The van der Waals surface area contributed by atoms with E-state index in [-0.39, 0.29) is 17.8 Å². The summed E-state index contributed by atoms with van der Waals surface area (Å²) in [6.45, 7) is 3.28. The number of rotatable bonds is 3. The largest absolute Gasteiger partial charge is 0.432 e. The molecule has 2 bridgehead atoms. The van der Waals surface area contributed by atoms with Crippen molar-refractivity contribution in [3.8, 4) is 11.3 Å². The summed E-state index contributed by atoms with van der Waals surface area (Å²) in [5.74, 6) is 1.28. The molecule has 2 fully saturated rings. The standard InChI is InChI=1S/C17H19N3O2/c21-16(19-14-8-12-6-7-20(10-12)11-14)17-18-9-15(22-17)13-4-2-1-3-5-13/h1-5,9,12,14H,6-8,10-11H2,(H,19,21)/t12-,14+/m0/s1. The number of benzene rings is 1. The van der Waals surface area contributed by atoms with Gasteiger partial charge in [-0.2, -0.15) is 0 Å². The number of fused-ring (bicyclic) bond motifs is 2. The Labute approximate surface area is 129 Å². The third-order valence-electron chi connectivity index (χ3n) is 4.56. The van der Waals surface area contributed by atoms with E-state index < -0.39 is 0 Å². The van der Waals surface area contributed by atoms with Gasteiger partial charge >= 0.3 is 5.91 Å². The van der Waals surface area contributed by atoms with Crippen LogP contribution in [0.1, 0.15) is 23.5 Å². The van der Waals surface area contributed by atoms with Crippen LogP contribution in [-0.4, -0.2) is 41.5 Å². The number of nitrogens with zero attached hydrogens (tertiary/aromatic N) is 2. The summed E-state index contributed by atoms with van der Waals surface area (Å²) in [6, 6.07) is 9.90. The lowest BCUT2D eigenvalue weighted by Gasteiger charge is -2.30. The maximum atomic E-state index is 12.3. The molecule has 0 spiro atoms. The molecule has 4 rings (SSSR count). The summed E-state index contributed by atoms with van der Waals surface area (Å²) in [5, 5.41) is 3.06.